The number of amides is 10. The number of epoxide rings is 1. The number of allylic oxidation sites excluding steroid dienone is 1. The van der Waals surface area contributed by atoms with Crippen molar-refractivity contribution in [1.29, 1.82) is 0 Å². The summed E-state index contributed by atoms with van der Waals surface area (Å²) in [7, 11) is -16.9. The van der Waals surface area contributed by atoms with Crippen LogP contribution in [-0.2, 0) is 148 Å². The average molecular weight is 2130 g/mol. The molecule has 5 aliphatic heterocycles. The Balaban J connectivity index is 0.000000354. The predicted molar refractivity (Wildman–Crippen MR) is 556 cm³/mol. The fraction of sp³-hybridized carbons (Fsp3) is 0.490. The molecule has 5 aliphatic rings. The number of ether oxygens (including phenoxy) is 3. The van der Waals surface area contributed by atoms with Crippen LogP contribution in [0.5, 0.6) is 0 Å². The van der Waals surface area contributed by atoms with E-state index in [0.29, 0.717) is 32.4 Å². The molecule has 2 unspecified atom stereocenters. The number of alkyl carbamates (subject to hydrolysis) is 2. The average Bonchev–Trinajstić information content (AvgIpc) is 1.61. The first-order chi connectivity index (χ1) is 68.6. The zero-order valence-corrected chi connectivity index (χ0v) is 89.2. The molecule has 5 fully saturated rings. The Morgan fingerprint density at radius 3 is 1.16 bits per heavy atom. The first-order valence-corrected chi connectivity index (χ1v) is 57.9. The van der Waals surface area contributed by atoms with Crippen molar-refractivity contribution in [1.82, 2.24) is 53.2 Å². The van der Waals surface area contributed by atoms with Gasteiger partial charge in [-0.3, -0.25) is 42.9 Å². The number of nitrogens with one attached hydrogen (secondary N) is 10. The Kier molecular flexibility index (Phi) is 54.2. The molecule has 0 radical (unpaired) electrons. The van der Waals surface area contributed by atoms with E-state index in [9.17, 15) is 96.2 Å². The Hall–Kier alpha value is -11.1. The Morgan fingerprint density at radius 2 is 0.803 bits per heavy atom. The van der Waals surface area contributed by atoms with Crippen molar-refractivity contribution in [2.45, 2.75) is 207 Å². The fourth-order valence-corrected chi connectivity index (χ4v) is 22.2. The van der Waals surface area contributed by atoms with Crippen LogP contribution in [0, 0.1) is 47.3 Å². The van der Waals surface area contributed by atoms with E-state index >= 15 is 0 Å². The molecule has 10 N–H and O–H groups in total. The van der Waals surface area contributed by atoms with Crippen LogP contribution in [0.4, 0.5) is 9.59 Å². The number of hydrogen-bond acceptors (Lipinski definition) is 27. The van der Waals surface area contributed by atoms with Gasteiger partial charge in [-0.05, 0) is 145 Å². The van der Waals surface area contributed by atoms with Gasteiger partial charge in [0.05, 0.1) is 25.9 Å². The van der Waals surface area contributed by atoms with E-state index in [4.69, 9.17) is 23.3 Å². The van der Waals surface area contributed by atoms with Crippen LogP contribution in [0.2, 0.25) is 0 Å². The summed E-state index contributed by atoms with van der Waals surface area (Å²) in [5.74, 6) is -2.93. The van der Waals surface area contributed by atoms with Crippen molar-refractivity contribution < 1.29 is 143 Å². The van der Waals surface area contributed by atoms with E-state index < -0.39 is 148 Å². The third-order valence-electron chi connectivity index (χ3n) is 23.5. The Morgan fingerprint density at radius 1 is 0.449 bits per heavy atom. The van der Waals surface area contributed by atoms with Crippen molar-refractivity contribution in [3.63, 3.8) is 0 Å². The molecule has 0 spiro atoms. The van der Waals surface area contributed by atoms with Crippen LogP contribution in [0.25, 0.3) is 21.5 Å². The monoisotopic (exact) mass is 2130 g/mol. The molecule has 37 nitrogen and oxygen atoms in total. The molecular weight excluding hydrogens is 1990 g/mol. The molecule has 10 amide bonds. The summed E-state index contributed by atoms with van der Waals surface area (Å²) in [6.07, 6.45) is 11.2. The van der Waals surface area contributed by atoms with Crippen molar-refractivity contribution in [3.8, 4) is 0 Å². The van der Waals surface area contributed by atoms with Gasteiger partial charge in [0.25, 0.3) is 0 Å². The van der Waals surface area contributed by atoms with Gasteiger partial charge >= 0.3 is 38.6 Å². The molecule has 5 saturated heterocycles. The number of sulfone groups is 4. The molecule has 7 aromatic rings. The second kappa shape index (κ2) is 63.1. The Labute approximate surface area is 876 Å². The molecule has 147 heavy (non-hydrogen) atoms. The maximum absolute atomic E-state index is 14.0. The quantitative estimate of drug-likeness (QED) is 0.00450. The van der Waals surface area contributed by atoms with Gasteiger partial charge in [-0.2, -0.15) is 0 Å². The maximum Gasteiger partial charge on any atom is 1.00 e. The van der Waals surface area contributed by atoms with Gasteiger partial charge in [-0.1, -0.05) is 237 Å². The standard InChI is InChI=1S/C36H44N4O8S.C36H44N4O7S.C10H17NO3S.C8H13NO2.C7H8O2.C6H15O5PS.CH4.Li/c1-22(2)18-29(33(42)38-28(20-26-16-17-37-32(26)41)31-35(48-31)49(3,45)46)39-34(43)30(40-36(44)47-21-23-10-5-4-6-11-23)19-25-14-9-13-24-12-7-8-15-27(24)25;1-24(2)20-31(34(42)38-29(17-19-48(3,45)46)21-28-16-18-37-33(28)41)39-35(43)32(40-36(44)47-23-25-10-5-4-6-11-25)22-27-14-9-13-26-12-7-8-15-30(26)27;1-8(4-6-15(2,13)14)7-9-3-5-11-10(9)12;1-6(5-10)4-7-2-3-9-8(7)11;8-9-6-7-4-2-1-3-5-7;1-4-10-12(7,11-5-2)6-13(3,8)9;;/h4-15,22,26,28-31,35H,16-21H2,1-3H3,(H,37,41)(H,38,42)(H,39,43)(H,40,44);4-15,17,19,24,28-29,31-32H,16,18,20-23H2,1-3H3,(H,37,41)(H,38,42)(H,39,43)(H,40,44);4,6,8-9H,3,5,7H2,1-2H3,(H,11,12);5-7H,2-4H2,1H3,(H,9,11);1-5,8H,6H2;4-6H2,1-3H3;1H4;/q;;;;;;;+1/p-1/b;19-17+;6-4+;;;;;/t26-,28-,29-,30-,31?,35?;28-,29+,31-,32-;8-,9+;6-,7-;;;;/m0010..../s1. The number of rotatable bonds is 45. The van der Waals surface area contributed by atoms with Crippen molar-refractivity contribution >= 4 is 134 Å². The largest absolute Gasteiger partial charge is 1.00 e. The van der Waals surface area contributed by atoms with Crippen LogP contribution in [0.3, 0.4) is 0 Å². The number of benzene rings is 7. The van der Waals surface area contributed by atoms with E-state index in [0.717, 1.165) is 112 Å². The molecule has 12 rings (SSSR count). The third kappa shape index (κ3) is 47.6. The van der Waals surface area contributed by atoms with Crippen molar-refractivity contribution in [2.24, 2.45) is 47.3 Å². The van der Waals surface area contributed by atoms with Gasteiger partial charge in [0, 0.05) is 110 Å². The number of carbonyl (C=O) groups is 11. The molecule has 7 aromatic carbocycles. The molecule has 802 valence electrons. The summed E-state index contributed by atoms with van der Waals surface area (Å²) >= 11 is 0. The number of fused-ring (bicyclic) bond motifs is 2. The second-order valence-corrected chi connectivity index (χ2v) is 47.9. The zero-order chi connectivity index (χ0) is 107. The molecule has 0 saturated carbocycles. The van der Waals surface area contributed by atoms with Crippen LogP contribution < -0.4 is 77.3 Å². The van der Waals surface area contributed by atoms with Gasteiger partial charge in [0.15, 0.2) is 50.3 Å². The van der Waals surface area contributed by atoms with Crippen molar-refractivity contribution in [3.05, 3.63) is 227 Å². The van der Waals surface area contributed by atoms with Gasteiger partial charge in [0.2, 0.25) is 47.3 Å². The first kappa shape index (κ1) is 126. The van der Waals surface area contributed by atoms with Gasteiger partial charge < -0.3 is 91.4 Å². The molecule has 43 heteroatoms. The summed E-state index contributed by atoms with van der Waals surface area (Å²) < 4.78 is 129. The molecular formula is C104H144LiN10O27PS4. The van der Waals surface area contributed by atoms with Crippen LogP contribution in [-0.4, -0.2) is 217 Å². The fourth-order valence-electron chi connectivity index (χ4n) is 16.4. The smallest absolute Gasteiger partial charge is 0.723 e. The SMILES string of the molecule is C.CC(C)C[C@H](NC(=O)[C@H](Cc1cccc2ccccc12)NC(=O)OCc1ccccc1)C(=O)N[C@@H](C[C@@H]1CCNC1=O)C1OC1S(C)(=O)=O.CC(C)C[C@H](NC(=O)[C@H](Cc1cccc2ccccc12)NC(=O)OCc1ccccc1)C(=O)N[C@H](/C=C/S(C)(=O)=O)C[C@@H]1CCNC1=O.CCOP(=O)(CS(C)(=O)=O)OCC.C[C@H](/C=C/S(C)(=O)=O)C[C@@H]1CCNC1=O.C[C@H](C=O)C[C@@H]1CCNC1=O.[Li+].[O-]OCc1ccccc1. The van der Waals surface area contributed by atoms with Gasteiger partial charge in [0.1, 0.15) is 49.8 Å². The summed E-state index contributed by atoms with van der Waals surface area (Å²) in [4.78, 5) is 142. The van der Waals surface area contributed by atoms with E-state index in [2.05, 4.69) is 58.1 Å². The third-order valence-corrected chi connectivity index (χ3v) is 30.5. The minimum Gasteiger partial charge on any atom is -0.723 e. The van der Waals surface area contributed by atoms with Crippen LogP contribution >= 0.6 is 7.60 Å². The van der Waals surface area contributed by atoms with Crippen LogP contribution in [0.1, 0.15) is 155 Å². The zero-order valence-electron chi connectivity index (χ0n) is 85.0. The second-order valence-electron chi connectivity index (χ2n) is 37.3. The topological polar surface area (TPSA) is 543 Å². The Bertz CT molecular complexity index is 6020. The maximum atomic E-state index is 14.0. The predicted octanol–water partition coefficient (Wildman–Crippen LogP) is 7.19. The number of hydrogen-bond donors (Lipinski definition) is 10. The van der Waals surface area contributed by atoms with E-state index in [1.165, 1.54) is 17.7 Å². The number of aldehydes is 1. The number of carbonyl (C=O) groups excluding carboxylic acids is 11. The summed E-state index contributed by atoms with van der Waals surface area (Å²) in [6, 6.07) is 48.7. The first-order valence-electron chi connectivity index (χ1n) is 48.3. The summed E-state index contributed by atoms with van der Waals surface area (Å²) in [5, 5.41) is 43.5. The van der Waals surface area contributed by atoms with E-state index in [-0.39, 0.29) is 157 Å². The van der Waals surface area contributed by atoms with Gasteiger partial charge in [-0.15, -0.1) is 0 Å². The molecule has 0 aliphatic carbocycles. The molecule has 0 bridgehead atoms. The minimum absolute atomic E-state index is 0. The van der Waals surface area contributed by atoms with E-state index in [1.807, 2.05) is 217 Å². The summed E-state index contributed by atoms with van der Waals surface area (Å²) in [6.45, 7) is 17.7. The van der Waals surface area contributed by atoms with Gasteiger partial charge in [-0.25, -0.2) is 43.3 Å². The van der Waals surface area contributed by atoms with Crippen molar-refractivity contribution in [2.75, 3.05) is 69.9 Å². The molecule has 5 heterocycles. The molecule has 0 aromatic heterocycles. The molecule has 14 atom stereocenters. The summed E-state index contributed by atoms with van der Waals surface area (Å²) in [5.41, 5.74) is 2.47. The van der Waals surface area contributed by atoms with Crippen LogP contribution in [0.15, 0.2) is 199 Å². The normalized spacial score (nSPS) is 18.5. The van der Waals surface area contributed by atoms with E-state index in [1.54, 1.807) is 19.9 Å². The minimum atomic E-state index is -3.55.